The normalized spacial score (nSPS) is 11.3. The monoisotopic (exact) mass is 449 g/mol. The zero-order valence-electron chi connectivity index (χ0n) is 17.3. The van der Waals surface area contributed by atoms with Crippen LogP contribution in [0.4, 0.5) is 10.1 Å². The van der Waals surface area contributed by atoms with Crippen molar-refractivity contribution in [1.29, 1.82) is 0 Å². The van der Waals surface area contributed by atoms with Crippen LogP contribution in [0.25, 0.3) is 11.0 Å². The molecule has 0 aliphatic carbocycles. The number of nitrogens with zero attached hydrogens (tertiary/aromatic N) is 2. The lowest BCUT2D eigenvalue weighted by Gasteiger charge is -2.08. The van der Waals surface area contributed by atoms with Gasteiger partial charge in [-0.15, -0.1) is 0 Å². The zero-order chi connectivity index (χ0) is 22.5. The fraction of sp³-hybridized carbons (Fsp3) is 0.0870. The van der Waals surface area contributed by atoms with Gasteiger partial charge >= 0.3 is 0 Å². The number of fused-ring (bicyclic) bond motifs is 1. The number of thiocarbonyl (C=S) groups is 1. The Morgan fingerprint density at radius 2 is 1.69 bits per heavy atom. The molecule has 1 aromatic heterocycles. The van der Waals surface area contributed by atoms with Gasteiger partial charge in [-0.25, -0.2) is 9.37 Å². The van der Waals surface area contributed by atoms with Crippen LogP contribution in [0.2, 0.25) is 0 Å². The number of benzene rings is 3. The summed E-state index contributed by atoms with van der Waals surface area (Å²) in [6.07, 6.45) is 0. The molecule has 32 heavy (non-hydrogen) atoms. The van der Waals surface area contributed by atoms with Gasteiger partial charge < -0.3 is 19.8 Å². The quantitative estimate of drug-likeness (QED) is 0.213. The molecule has 0 radical (unpaired) electrons. The highest BCUT2D eigenvalue weighted by molar-refractivity contribution is 7.80. The van der Waals surface area contributed by atoms with E-state index in [-0.39, 0.29) is 5.82 Å². The Kier molecular flexibility index (Phi) is 6.27. The number of methoxy groups -OCH3 is 1. The highest BCUT2D eigenvalue weighted by Gasteiger charge is 2.08. The van der Waals surface area contributed by atoms with Crippen LogP contribution >= 0.6 is 12.2 Å². The number of halogens is 1. The summed E-state index contributed by atoms with van der Waals surface area (Å²) in [6, 6.07) is 18.7. The largest absolute Gasteiger partial charge is 0.497 e. The minimum Gasteiger partial charge on any atom is -0.497 e. The molecule has 3 aromatic carbocycles. The van der Waals surface area contributed by atoms with Crippen LogP contribution < -0.4 is 20.2 Å². The van der Waals surface area contributed by atoms with E-state index < -0.39 is 0 Å². The van der Waals surface area contributed by atoms with E-state index in [0.717, 1.165) is 17.0 Å². The number of hydrogen-bond donors (Lipinski definition) is 3. The Bertz CT molecular complexity index is 1270. The van der Waals surface area contributed by atoms with Crippen molar-refractivity contribution in [2.24, 2.45) is 5.10 Å². The number of imidazole rings is 1. The molecule has 0 unspecified atom stereocenters. The Labute approximate surface area is 189 Å². The molecule has 0 bridgehead atoms. The smallest absolute Gasteiger partial charge is 0.191 e. The van der Waals surface area contributed by atoms with Crippen molar-refractivity contribution in [1.82, 2.24) is 15.4 Å². The Hall–Kier alpha value is -3.98. The lowest BCUT2D eigenvalue weighted by molar-refractivity contribution is 0.415. The Morgan fingerprint density at radius 1 is 1.00 bits per heavy atom. The van der Waals surface area contributed by atoms with Crippen molar-refractivity contribution in [3.05, 3.63) is 78.4 Å². The first-order valence-electron chi connectivity index (χ1n) is 9.69. The van der Waals surface area contributed by atoms with E-state index in [2.05, 4.69) is 25.8 Å². The first-order chi connectivity index (χ1) is 15.5. The molecule has 0 saturated heterocycles. The predicted molar refractivity (Wildman–Crippen MR) is 127 cm³/mol. The second-order valence-electron chi connectivity index (χ2n) is 6.81. The van der Waals surface area contributed by atoms with Crippen LogP contribution in [-0.2, 0) is 0 Å². The Morgan fingerprint density at radius 3 is 2.41 bits per heavy atom. The fourth-order valence-corrected chi connectivity index (χ4v) is 3.04. The number of hydrazone groups is 1. The number of hydrogen-bond acceptors (Lipinski definition) is 5. The number of nitrogens with one attached hydrogen (secondary N) is 3. The van der Waals surface area contributed by atoms with Crippen molar-refractivity contribution < 1.29 is 13.9 Å². The van der Waals surface area contributed by atoms with Gasteiger partial charge in [0.2, 0.25) is 0 Å². The lowest BCUT2D eigenvalue weighted by Crippen LogP contribution is -2.25. The van der Waals surface area contributed by atoms with Gasteiger partial charge in [-0.2, -0.15) is 5.10 Å². The summed E-state index contributed by atoms with van der Waals surface area (Å²) in [7, 11) is 1.61. The third-order valence-electron chi connectivity index (χ3n) is 4.52. The SMILES string of the molecule is COc1ccc(NC(=S)N/N=C(\C)c2nc3cc(Oc4ccc(F)cc4)ccc3[nH]2)cc1. The second kappa shape index (κ2) is 9.44. The molecular weight excluding hydrogens is 429 g/mol. The molecule has 0 aliphatic heterocycles. The lowest BCUT2D eigenvalue weighted by atomic mass is 10.3. The molecule has 7 nitrogen and oxygen atoms in total. The van der Waals surface area contributed by atoms with Crippen LogP contribution in [0.15, 0.2) is 71.8 Å². The molecule has 0 fully saturated rings. The first-order valence-corrected chi connectivity index (χ1v) is 10.1. The summed E-state index contributed by atoms with van der Waals surface area (Å²) in [5.74, 6) is 2.19. The number of aromatic amines is 1. The van der Waals surface area contributed by atoms with Crippen LogP contribution in [-0.4, -0.2) is 27.9 Å². The van der Waals surface area contributed by atoms with E-state index in [1.54, 1.807) is 25.3 Å². The summed E-state index contributed by atoms with van der Waals surface area (Å²) >= 11 is 5.29. The number of anilines is 1. The molecule has 1 heterocycles. The van der Waals surface area contributed by atoms with Gasteiger partial charge in [0, 0.05) is 11.8 Å². The molecule has 162 valence electrons. The highest BCUT2D eigenvalue weighted by atomic mass is 32.1. The molecule has 3 N–H and O–H groups in total. The van der Waals surface area contributed by atoms with Crippen LogP contribution in [0.3, 0.4) is 0 Å². The van der Waals surface area contributed by atoms with Crippen molar-refractivity contribution in [2.45, 2.75) is 6.92 Å². The van der Waals surface area contributed by atoms with Gasteiger partial charge in [0.05, 0.1) is 18.1 Å². The number of H-pyrrole nitrogens is 1. The summed E-state index contributed by atoms with van der Waals surface area (Å²) < 4.78 is 24.0. The van der Waals surface area contributed by atoms with Crippen molar-refractivity contribution >= 4 is 39.8 Å². The standard InChI is InChI=1S/C23H20FN5O2S/c1-14(28-29-23(32)25-16-5-9-17(30-2)10-6-16)22-26-20-12-11-19(13-21(20)27-22)31-18-7-3-15(24)4-8-18/h3-13H,1-2H3,(H,26,27)(H2,25,29,32)/b28-14+. The van der Waals surface area contributed by atoms with Gasteiger partial charge in [0.25, 0.3) is 0 Å². The van der Waals surface area contributed by atoms with Gasteiger partial charge in [-0.1, -0.05) is 0 Å². The van der Waals surface area contributed by atoms with E-state index in [1.807, 2.05) is 43.3 Å². The Balaban J connectivity index is 1.42. The fourth-order valence-electron chi connectivity index (χ4n) is 2.88. The van der Waals surface area contributed by atoms with E-state index >= 15 is 0 Å². The maximum absolute atomic E-state index is 13.1. The third kappa shape index (κ3) is 5.19. The molecular formula is C23H20FN5O2S. The molecule has 0 spiro atoms. The number of aromatic nitrogens is 2. The van der Waals surface area contributed by atoms with Crippen LogP contribution in [0.5, 0.6) is 17.2 Å². The van der Waals surface area contributed by atoms with Gasteiger partial charge in [-0.05, 0) is 79.8 Å². The first kappa shape index (κ1) is 21.3. The average Bonchev–Trinajstić information content (AvgIpc) is 3.23. The van der Waals surface area contributed by atoms with Crippen LogP contribution in [0.1, 0.15) is 12.7 Å². The molecule has 0 atom stereocenters. The molecule has 0 saturated carbocycles. The molecule has 4 aromatic rings. The number of ether oxygens (including phenoxy) is 2. The molecule has 4 rings (SSSR count). The maximum atomic E-state index is 13.1. The maximum Gasteiger partial charge on any atom is 0.191 e. The molecule has 0 amide bonds. The highest BCUT2D eigenvalue weighted by Crippen LogP contribution is 2.25. The average molecular weight is 450 g/mol. The van der Waals surface area contributed by atoms with E-state index in [9.17, 15) is 4.39 Å². The summed E-state index contributed by atoms with van der Waals surface area (Å²) in [5, 5.41) is 7.69. The third-order valence-corrected chi connectivity index (χ3v) is 4.71. The summed E-state index contributed by atoms with van der Waals surface area (Å²) in [4.78, 5) is 7.78. The molecule has 0 aliphatic rings. The van der Waals surface area contributed by atoms with E-state index in [1.165, 1.54) is 12.1 Å². The van der Waals surface area contributed by atoms with Crippen LogP contribution in [0, 0.1) is 5.82 Å². The van der Waals surface area contributed by atoms with Gasteiger partial charge in [0.1, 0.15) is 28.8 Å². The van der Waals surface area contributed by atoms with Gasteiger partial charge in [-0.3, -0.25) is 5.43 Å². The van der Waals surface area contributed by atoms with E-state index in [0.29, 0.717) is 33.7 Å². The van der Waals surface area contributed by atoms with E-state index in [4.69, 9.17) is 21.7 Å². The summed E-state index contributed by atoms with van der Waals surface area (Å²) in [6.45, 7) is 1.82. The zero-order valence-corrected chi connectivity index (χ0v) is 18.2. The summed E-state index contributed by atoms with van der Waals surface area (Å²) in [5.41, 5.74) is 5.80. The van der Waals surface area contributed by atoms with Gasteiger partial charge in [0.15, 0.2) is 10.9 Å². The minimum absolute atomic E-state index is 0.313. The van der Waals surface area contributed by atoms with Crippen molar-refractivity contribution in [2.75, 3.05) is 12.4 Å². The topological polar surface area (TPSA) is 83.6 Å². The van der Waals surface area contributed by atoms with Crippen molar-refractivity contribution in [3.8, 4) is 17.2 Å². The second-order valence-corrected chi connectivity index (χ2v) is 7.22. The molecule has 9 heteroatoms. The van der Waals surface area contributed by atoms with Crippen molar-refractivity contribution in [3.63, 3.8) is 0 Å². The minimum atomic E-state index is -0.313. The number of rotatable bonds is 6. The predicted octanol–water partition coefficient (Wildman–Crippen LogP) is 5.21.